The van der Waals surface area contributed by atoms with E-state index in [4.69, 9.17) is 4.74 Å². The number of ether oxygens (including phenoxy) is 1. The van der Waals surface area contributed by atoms with E-state index in [2.05, 4.69) is 15.9 Å². The first-order valence-corrected chi connectivity index (χ1v) is 13.9. The number of halogens is 1. The molecule has 3 atom stereocenters. The third kappa shape index (κ3) is 3.29. The number of carbonyl (C=O) groups excluding carboxylic acids is 3. The summed E-state index contributed by atoms with van der Waals surface area (Å²) < 4.78 is 6.30. The lowest BCUT2D eigenvalue weighted by Gasteiger charge is -2.37. The molecule has 0 saturated carbocycles. The molecule has 196 valence electrons. The zero-order chi connectivity index (χ0) is 27.6. The maximum Gasteiger partial charge on any atom is 0.186 e. The molecule has 0 N–H and O–H groups in total. The smallest absolute Gasteiger partial charge is 0.186 e. The van der Waals surface area contributed by atoms with Gasteiger partial charge in [0.25, 0.3) is 0 Å². The number of anilines is 1. The van der Waals surface area contributed by atoms with E-state index in [9.17, 15) is 14.4 Å². The molecule has 3 aliphatic rings. The van der Waals surface area contributed by atoms with Gasteiger partial charge in [-0.1, -0.05) is 94.8 Å². The number of hydrogen-bond acceptors (Lipinski definition) is 5. The van der Waals surface area contributed by atoms with Gasteiger partial charge in [-0.25, -0.2) is 0 Å². The average Bonchev–Trinajstić information content (AvgIpc) is 3.43. The molecule has 6 heteroatoms. The van der Waals surface area contributed by atoms with Gasteiger partial charge in [-0.2, -0.15) is 0 Å². The van der Waals surface area contributed by atoms with E-state index >= 15 is 0 Å². The summed E-state index contributed by atoms with van der Waals surface area (Å²) in [5.41, 5.74) is 2.30. The van der Waals surface area contributed by atoms with Crippen molar-refractivity contribution in [2.24, 2.45) is 5.41 Å². The number of fused-ring (bicyclic) bond motifs is 5. The topological polar surface area (TPSA) is 63.7 Å². The first-order chi connectivity index (χ1) is 19.5. The first kappa shape index (κ1) is 24.7. The fourth-order valence-electron chi connectivity index (χ4n) is 6.91. The van der Waals surface area contributed by atoms with Gasteiger partial charge in [-0.15, -0.1) is 0 Å². The Bertz CT molecular complexity index is 1710. The largest absolute Gasteiger partial charge is 0.497 e. The summed E-state index contributed by atoms with van der Waals surface area (Å²) >= 11 is 3.52. The predicted molar refractivity (Wildman–Crippen MR) is 157 cm³/mol. The van der Waals surface area contributed by atoms with Gasteiger partial charge in [0.2, 0.25) is 0 Å². The number of methoxy groups -OCH3 is 1. The van der Waals surface area contributed by atoms with Crippen LogP contribution in [0.15, 0.2) is 108 Å². The Kier molecular flexibility index (Phi) is 5.65. The van der Waals surface area contributed by atoms with Gasteiger partial charge in [0, 0.05) is 32.8 Å². The van der Waals surface area contributed by atoms with Crippen molar-refractivity contribution in [3.63, 3.8) is 0 Å². The lowest BCUT2D eigenvalue weighted by Crippen LogP contribution is -2.48. The molecular formula is C34H24BrNO4. The molecule has 1 unspecified atom stereocenters. The highest BCUT2D eigenvalue weighted by molar-refractivity contribution is 9.10. The molecule has 1 spiro atoms. The van der Waals surface area contributed by atoms with Gasteiger partial charge < -0.3 is 9.64 Å². The van der Waals surface area contributed by atoms with Gasteiger partial charge in [0.1, 0.15) is 17.2 Å². The fourth-order valence-corrected chi connectivity index (χ4v) is 7.17. The van der Waals surface area contributed by atoms with Crippen LogP contribution < -0.4 is 9.64 Å². The highest BCUT2D eigenvalue weighted by Gasteiger charge is 2.71. The maximum absolute atomic E-state index is 14.7. The molecule has 0 amide bonds. The number of Topliss-reactive ketones (excluding diaryl/α,β-unsaturated/α-hetero) is 3. The Balaban J connectivity index is 1.54. The molecule has 2 aliphatic heterocycles. The summed E-state index contributed by atoms with van der Waals surface area (Å²) in [6.45, 7) is 0. The average molecular weight is 590 g/mol. The number of hydrogen-bond donors (Lipinski definition) is 0. The highest BCUT2D eigenvalue weighted by atomic mass is 79.9. The minimum Gasteiger partial charge on any atom is -0.497 e. The molecule has 40 heavy (non-hydrogen) atoms. The van der Waals surface area contributed by atoms with Crippen molar-refractivity contribution in [1.29, 1.82) is 0 Å². The van der Waals surface area contributed by atoms with E-state index in [1.165, 1.54) is 0 Å². The normalized spacial score (nSPS) is 21.8. The molecule has 0 radical (unpaired) electrons. The number of carbonyl (C=O) groups is 3. The Morgan fingerprint density at radius 3 is 2.23 bits per heavy atom. The van der Waals surface area contributed by atoms with Gasteiger partial charge >= 0.3 is 0 Å². The molecule has 7 rings (SSSR count). The van der Waals surface area contributed by atoms with Crippen molar-refractivity contribution < 1.29 is 19.1 Å². The van der Waals surface area contributed by atoms with Crippen molar-refractivity contribution in [3.8, 4) is 5.75 Å². The second-order valence-electron chi connectivity index (χ2n) is 10.4. The molecule has 0 aromatic heterocycles. The summed E-state index contributed by atoms with van der Waals surface area (Å²) in [5, 5.41) is 0. The van der Waals surface area contributed by atoms with Crippen molar-refractivity contribution in [1.82, 2.24) is 0 Å². The summed E-state index contributed by atoms with van der Waals surface area (Å²) in [6.07, 6.45) is 3.91. The van der Waals surface area contributed by atoms with E-state index in [-0.39, 0.29) is 17.3 Å². The van der Waals surface area contributed by atoms with Crippen LogP contribution in [0.25, 0.3) is 6.08 Å². The Labute approximate surface area is 240 Å². The van der Waals surface area contributed by atoms with E-state index in [1.807, 2.05) is 65.6 Å². The Morgan fingerprint density at radius 1 is 0.850 bits per heavy atom. The number of benzene rings is 4. The molecule has 5 nitrogen and oxygen atoms in total. The van der Waals surface area contributed by atoms with Crippen LogP contribution >= 0.6 is 15.9 Å². The number of nitrogens with zero attached hydrogens (tertiary/aromatic N) is 1. The van der Waals surface area contributed by atoms with Crippen LogP contribution in [-0.2, 0) is 0 Å². The number of para-hydroxylation sites is 1. The quantitative estimate of drug-likeness (QED) is 0.194. The SMILES string of the molecule is COc1cccc(C(=O)[C@H]2[C@H](c3ccc(Br)cc3)C3(C(=O)c4ccccc4C3=O)C3C=Cc4ccccc4N32)c1. The summed E-state index contributed by atoms with van der Waals surface area (Å²) in [6, 6.07) is 28.1. The van der Waals surface area contributed by atoms with Crippen molar-refractivity contribution >= 4 is 45.0 Å². The number of rotatable bonds is 4. The highest BCUT2D eigenvalue weighted by Crippen LogP contribution is 2.61. The Hall–Kier alpha value is -4.29. The Morgan fingerprint density at radius 2 is 1.52 bits per heavy atom. The zero-order valence-corrected chi connectivity index (χ0v) is 23.2. The standard InChI is InChI=1S/C34H24BrNO4/c1-40-24-9-6-8-22(19-24)31(37)30-29(21-13-16-23(35)17-14-21)34(32(38)25-10-3-4-11-26(25)33(34)39)28-18-15-20-7-2-5-12-27(20)36(28)30/h2-19,28-30H,1H3/t28?,29-,30+/m0/s1. The van der Waals surface area contributed by atoms with E-state index in [0.717, 1.165) is 21.3 Å². The molecular weight excluding hydrogens is 566 g/mol. The molecule has 1 saturated heterocycles. The lowest BCUT2D eigenvalue weighted by molar-refractivity contribution is 0.0666. The monoisotopic (exact) mass is 589 g/mol. The van der Waals surface area contributed by atoms with E-state index < -0.39 is 23.4 Å². The molecule has 4 aromatic carbocycles. The maximum atomic E-state index is 14.7. The first-order valence-electron chi connectivity index (χ1n) is 13.1. The van der Waals surface area contributed by atoms with Crippen LogP contribution in [0.3, 0.4) is 0 Å². The molecule has 4 aromatic rings. The molecule has 0 bridgehead atoms. The molecule has 1 aliphatic carbocycles. The second kappa shape index (κ2) is 9.14. The van der Waals surface area contributed by atoms with E-state index in [1.54, 1.807) is 55.6 Å². The van der Waals surface area contributed by atoms with Crippen molar-refractivity contribution in [2.75, 3.05) is 12.0 Å². The molecule has 2 heterocycles. The number of ketones is 3. The summed E-state index contributed by atoms with van der Waals surface area (Å²) in [7, 11) is 1.56. The van der Waals surface area contributed by atoms with Crippen LogP contribution in [0.4, 0.5) is 5.69 Å². The van der Waals surface area contributed by atoms with Crippen LogP contribution in [-0.4, -0.2) is 36.5 Å². The van der Waals surface area contributed by atoms with E-state index in [0.29, 0.717) is 22.4 Å². The van der Waals surface area contributed by atoms with Gasteiger partial charge in [-0.3, -0.25) is 14.4 Å². The zero-order valence-electron chi connectivity index (χ0n) is 21.6. The van der Waals surface area contributed by atoms with Crippen molar-refractivity contribution in [2.45, 2.75) is 18.0 Å². The van der Waals surface area contributed by atoms with Crippen molar-refractivity contribution in [3.05, 3.63) is 135 Å². The fraction of sp³-hybridized carbons (Fsp3) is 0.147. The van der Waals surface area contributed by atoms with Gasteiger partial charge in [0.15, 0.2) is 17.3 Å². The van der Waals surface area contributed by atoms with Crippen LogP contribution in [0.2, 0.25) is 0 Å². The second-order valence-corrected chi connectivity index (χ2v) is 11.3. The minimum atomic E-state index is -1.51. The summed E-state index contributed by atoms with van der Waals surface area (Å²) in [4.78, 5) is 46.0. The van der Waals surface area contributed by atoms with Crippen LogP contribution in [0, 0.1) is 5.41 Å². The van der Waals surface area contributed by atoms with Gasteiger partial charge in [0.05, 0.1) is 13.2 Å². The minimum absolute atomic E-state index is 0.171. The molecule has 1 fully saturated rings. The third-order valence-electron chi connectivity index (χ3n) is 8.56. The lowest BCUT2D eigenvalue weighted by atomic mass is 9.64. The van der Waals surface area contributed by atoms with Crippen LogP contribution in [0.1, 0.15) is 48.1 Å². The van der Waals surface area contributed by atoms with Gasteiger partial charge in [-0.05, 0) is 41.5 Å². The van der Waals surface area contributed by atoms with Crippen LogP contribution in [0.5, 0.6) is 5.75 Å². The summed E-state index contributed by atoms with van der Waals surface area (Å²) in [5.74, 6) is -0.820. The third-order valence-corrected chi connectivity index (χ3v) is 9.09. The predicted octanol–water partition coefficient (Wildman–Crippen LogP) is 6.77.